The van der Waals surface area contributed by atoms with Crippen LogP contribution >= 0.6 is 0 Å². The maximum atomic E-state index is 13.2. The number of carbonyl (C=O) groups is 1. The Morgan fingerprint density at radius 3 is 2.71 bits per heavy atom. The van der Waals surface area contributed by atoms with Crippen LogP contribution in [0.2, 0.25) is 0 Å². The first kappa shape index (κ1) is 20.5. The van der Waals surface area contributed by atoms with E-state index in [0.717, 1.165) is 18.4 Å². The van der Waals surface area contributed by atoms with E-state index in [1.54, 1.807) is 30.5 Å². The van der Waals surface area contributed by atoms with Crippen LogP contribution in [0.4, 0.5) is 9.18 Å². The zero-order valence-corrected chi connectivity index (χ0v) is 16.9. The van der Waals surface area contributed by atoms with Crippen molar-refractivity contribution in [3.05, 3.63) is 60.2 Å². The van der Waals surface area contributed by atoms with Crippen molar-refractivity contribution in [1.82, 2.24) is 14.9 Å². The first-order valence-corrected chi connectivity index (χ1v) is 10.0. The molecule has 4 rings (SSSR count). The number of nitrogens with zero attached hydrogens (tertiary/aromatic N) is 2. The van der Waals surface area contributed by atoms with E-state index in [4.69, 9.17) is 4.74 Å². The summed E-state index contributed by atoms with van der Waals surface area (Å²) in [4.78, 5) is 16.5. The number of ether oxygens (including phenoxy) is 1. The fourth-order valence-corrected chi connectivity index (χ4v) is 3.50. The summed E-state index contributed by atoms with van der Waals surface area (Å²) in [5, 5.41) is 25.2. The van der Waals surface area contributed by atoms with Crippen molar-refractivity contribution in [2.24, 2.45) is 0 Å². The van der Waals surface area contributed by atoms with Crippen LogP contribution in [-0.4, -0.2) is 32.4 Å². The third kappa shape index (κ3) is 3.96. The van der Waals surface area contributed by atoms with E-state index in [1.165, 1.54) is 22.9 Å². The zero-order chi connectivity index (χ0) is 22.0. The molecular formula is C23H22FN3O4. The SMILES string of the molecule is CCCCNC(=O)Oc1c2cccnc2c(O)c2c(O)n(Cc3ccc(F)cc3)cc12. The molecule has 0 atom stereocenters. The summed E-state index contributed by atoms with van der Waals surface area (Å²) in [5.74, 6) is -0.580. The van der Waals surface area contributed by atoms with Gasteiger partial charge in [-0.3, -0.25) is 4.98 Å². The number of hydrogen-bond acceptors (Lipinski definition) is 5. The highest BCUT2D eigenvalue weighted by Gasteiger charge is 2.23. The topological polar surface area (TPSA) is 96.6 Å². The molecule has 0 fully saturated rings. The molecule has 160 valence electrons. The third-order valence-electron chi connectivity index (χ3n) is 5.07. The van der Waals surface area contributed by atoms with Crippen molar-refractivity contribution >= 4 is 27.8 Å². The smallest absolute Gasteiger partial charge is 0.412 e. The molecule has 0 bridgehead atoms. The first-order valence-electron chi connectivity index (χ1n) is 10.0. The molecule has 0 aliphatic rings. The van der Waals surface area contributed by atoms with E-state index in [2.05, 4.69) is 10.3 Å². The normalized spacial score (nSPS) is 11.2. The van der Waals surface area contributed by atoms with Gasteiger partial charge >= 0.3 is 6.09 Å². The second-order valence-corrected chi connectivity index (χ2v) is 7.24. The number of aromatic hydroxyl groups is 2. The van der Waals surface area contributed by atoms with E-state index in [1.807, 2.05) is 6.92 Å². The molecule has 0 radical (unpaired) electrons. The third-order valence-corrected chi connectivity index (χ3v) is 5.07. The molecule has 31 heavy (non-hydrogen) atoms. The van der Waals surface area contributed by atoms with Gasteiger partial charge in [0.15, 0.2) is 11.5 Å². The molecule has 2 aromatic carbocycles. The number of fused-ring (bicyclic) bond motifs is 2. The maximum Gasteiger partial charge on any atom is 0.412 e. The number of unbranched alkanes of at least 4 members (excludes halogenated alkanes) is 1. The molecule has 4 aromatic rings. The van der Waals surface area contributed by atoms with Crippen LogP contribution in [0.25, 0.3) is 21.7 Å². The zero-order valence-electron chi connectivity index (χ0n) is 16.9. The Kier molecular flexibility index (Phi) is 5.62. The van der Waals surface area contributed by atoms with Crippen molar-refractivity contribution < 1.29 is 24.1 Å². The van der Waals surface area contributed by atoms with Crippen molar-refractivity contribution in [3.8, 4) is 17.4 Å². The number of pyridine rings is 1. The van der Waals surface area contributed by atoms with Crippen molar-refractivity contribution in [2.75, 3.05) is 6.54 Å². The van der Waals surface area contributed by atoms with Crippen LogP contribution < -0.4 is 10.1 Å². The Morgan fingerprint density at radius 2 is 1.97 bits per heavy atom. The molecule has 8 heteroatoms. The first-order chi connectivity index (χ1) is 15.0. The van der Waals surface area contributed by atoms with Gasteiger partial charge in [-0.1, -0.05) is 25.5 Å². The molecule has 0 spiro atoms. The summed E-state index contributed by atoms with van der Waals surface area (Å²) >= 11 is 0. The number of nitrogens with one attached hydrogen (secondary N) is 1. The van der Waals surface area contributed by atoms with E-state index in [-0.39, 0.29) is 40.6 Å². The van der Waals surface area contributed by atoms with E-state index in [9.17, 15) is 19.4 Å². The Hall–Kier alpha value is -3.81. The van der Waals surface area contributed by atoms with Gasteiger partial charge in [-0.2, -0.15) is 0 Å². The van der Waals surface area contributed by atoms with Crippen molar-refractivity contribution in [1.29, 1.82) is 0 Å². The molecule has 0 aliphatic carbocycles. The highest BCUT2D eigenvalue weighted by Crippen LogP contribution is 2.46. The fourth-order valence-electron chi connectivity index (χ4n) is 3.50. The van der Waals surface area contributed by atoms with Gasteiger partial charge in [0.1, 0.15) is 11.3 Å². The monoisotopic (exact) mass is 423 g/mol. The van der Waals surface area contributed by atoms with Gasteiger partial charge in [0.25, 0.3) is 0 Å². The lowest BCUT2D eigenvalue weighted by molar-refractivity contribution is 0.201. The van der Waals surface area contributed by atoms with Gasteiger partial charge in [-0.05, 0) is 36.2 Å². The molecule has 0 unspecified atom stereocenters. The lowest BCUT2D eigenvalue weighted by Crippen LogP contribution is -2.27. The van der Waals surface area contributed by atoms with Gasteiger partial charge in [-0.25, -0.2) is 9.18 Å². The van der Waals surface area contributed by atoms with Crippen molar-refractivity contribution in [3.63, 3.8) is 0 Å². The molecule has 2 heterocycles. The fraction of sp³-hybridized carbons (Fsp3) is 0.217. The lowest BCUT2D eigenvalue weighted by atomic mass is 10.1. The van der Waals surface area contributed by atoms with Gasteiger partial charge in [-0.15, -0.1) is 0 Å². The molecule has 3 N–H and O–H groups in total. The van der Waals surface area contributed by atoms with Crippen LogP contribution in [-0.2, 0) is 6.54 Å². The Bertz CT molecular complexity index is 1250. The van der Waals surface area contributed by atoms with Crippen LogP contribution in [0.1, 0.15) is 25.3 Å². The van der Waals surface area contributed by atoms with Crippen LogP contribution in [0.15, 0.2) is 48.8 Å². The number of aromatic nitrogens is 2. The lowest BCUT2D eigenvalue weighted by Gasteiger charge is -2.11. The van der Waals surface area contributed by atoms with Crippen LogP contribution in [0.3, 0.4) is 0 Å². The molecule has 0 aliphatic heterocycles. The number of halogens is 1. The molecule has 7 nitrogen and oxygen atoms in total. The Balaban J connectivity index is 1.82. The summed E-state index contributed by atoms with van der Waals surface area (Å²) in [6.45, 7) is 2.72. The highest BCUT2D eigenvalue weighted by molar-refractivity contribution is 6.12. The molecule has 0 saturated carbocycles. The van der Waals surface area contributed by atoms with Crippen LogP contribution in [0, 0.1) is 5.82 Å². The number of rotatable bonds is 6. The van der Waals surface area contributed by atoms with Crippen molar-refractivity contribution in [2.45, 2.75) is 26.3 Å². The van der Waals surface area contributed by atoms with Gasteiger partial charge < -0.3 is 24.8 Å². The largest absolute Gasteiger partial charge is 0.505 e. The molecular weight excluding hydrogens is 401 g/mol. The number of amides is 1. The number of carbonyl (C=O) groups excluding carboxylic acids is 1. The maximum absolute atomic E-state index is 13.2. The Labute approximate surface area is 177 Å². The second-order valence-electron chi connectivity index (χ2n) is 7.24. The molecule has 1 amide bonds. The molecule has 2 aromatic heterocycles. The van der Waals surface area contributed by atoms with E-state index in [0.29, 0.717) is 17.3 Å². The second kappa shape index (κ2) is 8.51. The highest BCUT2D eigenvalue weighted by atomic mass is 19.1. The van der Waals surface area contributed by atoms with E-state index >= 15 is 0 Å². The van der Waals surface area contributed by atoms with Gasteiger partial charge in [0.2, 0.25) is 5.88 Å². The number of phenols is 1. The number of hydrogen-bond donors (Lipinski definition) is 3. The van der Waals surface area contributed by atoms with E-state index < -0.39 is 6.09 Å². The Morgan fingerprint density at radius 1 is 1.19 bits per heavy atom. The predicted molar refractivity (Wildman–Crippen MR) is 115 cm³/mol. The summed E-state index contributed by atoms with van der Waals surface area (Å²) in [5.41, 5.74) is 0.958. The summed E-state index contributed by atoms with van der Waals surface area (Å²) in [6.07, 6.45) is 4.21. The standard InChI is InChI=1S/C23H22FN3O4/c1-2-3-10-26-23(30)31-21-16-5-4-11-25-19(16)20(28)18-17(21)13-27(22(18)29)12-14-6-8-15(24)9-7-14/h4-9,11,13,28-29H,2-3,10,12H2,1H3,(H,26,30). The number of phenolic OH excluding ortho intramolecular Hbond substituents is 1. The minimum Gasteiger partial charge on any atom is -0.505 e. The quantitative estimate of drug-likeness (QED) is 0.392. The minimum absolute atomic E-state index is 0.129. The molecule has 0 saturated heterocycles. The van der Waals surface area contributed by atoms with Crippen LogP contribution in [0.5, 0.6) is 17.4 Å². The summed E-state index contributed by atoms with van der Waals surface area (Å²) < 4.78 is 20.3. The predicted octanol–water partition coefficient (Wildman–Crippen LogP) is 4.68. The average Bonchev–Trinajstić information content (AvgIpc) is 3.09. The van der Waals surface area contributed by atoms with Gasteiger partial charge in [0.05, 0.1) is 17.3 Å². The van der Waals surface area contributed by atoms with Gasteiger partial charge in [0, 0.05) is 24.3 Å². The number of benzene rings is 2. The summed E-state index contributed by atoms with van der Waals surface area (Å²) in [6, 6.07) is 9.24. The summed E-state index contributed by atoms with van der Waals surface area (Å²) in [7, 11) is 0. The minimum atomic E-state index is -0.628. The average molecular weight is 423 g/mol.